The lowest BCUT2D eigenvalue weighted by Gasteiger charge is -2.23. The molecule has 0 radical (unpaired) electrons. The van der Waals surface area contributed by atoms with Crippen molar-refractivity contribution in [2.24, 2.45) is 0 Å². The maximum atomic E-state index is 13.2. The molecule has 0 aliphatic heterocycles. The van der Waals surface area contributed by atoms with Gasteiger partial charge < -0.3 is 4.52 Å². The monoisotopic (exact) mass is 366 g/mol. The minimum absolute atomic E-state index is 0.0131. The summed E-state index contributed by atoms with van der Waals surface area (Å²) in [4.78, 5) is 0. The molecule has 0 heterocycles. The van der Waals surface area contributed by atoms with Crippen molar-refractivity contribution in [2.45, 2.75) is 25.5 Å². The normalized spacial score (nSPS) is 13.9. The van der Waals surface area contributed by atoms with Gasteiger partial charge in [-0.25, -0.2) is 0 Å². The quantitative estimate of drug-likeness (QED) is 0.456. The fourth-order valence-electron chi connectivity index (χ4n) is 2.16. The summed E-state index contributed by atoms with van der Waals surface area (Å²) in [5.74, 6) is -1.94. The van der Waals surface area contributed by atoms with Gasteiger partial charge in [-0.2, -0.15) is 0 Å². The SMILES string of the molecule is CCCSP(=O)(OCC)SC(c1ccccc1)c1ccccc1. The van der Waals surface area contributed by atoms with Gasteiger partial charge in [0.15, 0.2) is 0 Å². The highest BCUT2D eigenvalue weighted by molar-refractivity contribution is 8.89. The van der Waals surface area contributed by atoms with Crippen molar-refractivity contribution in [3.8, 4) is 0 Å². The first-order chi connectivity index (χ1) is 11.2. The first-order valence-corrected chi connectivity index (χ1v) is 12.6. The molecular weight excluding hydrogens is 343 g/mol. The van der Waals surface area contributed by atoms with E-state index in [0.29, 0.717) is 6.61 Å². The Bertz CT molecular complexity index is 580. The Morgan fingerprint density at radius 2 is 1.48 bits per heavy atom. The maximum absolute atomic E-state index is 13.2. The van der Waals surface area contributed by atoms with Crippen molar-refractivity contribution in [3.05, 3.63) is 71.8 Å². The summed E-state index contributed by atoms with van der Waals surface area (Å²) in [6, 6.07) is 20.5. The lowest BCUT2D eigenvalue weighted by Crippen LogP contribution is -1.97. The van der Waals surface area contributed by atoms with E-state index in [4.69, 9.17) is 4.52 Å². The molecule has 0 spiro atoms. The predicted octanol–water partition coefficient (Wildman–Crippen LogP) is 6.80. The smallest absolute Gasteiger partial charge is 0.314 e. The fourth-order valence-corrected chi connectivity index (χ4v) is 9.83. The van der Waals surface area contributed by atoms with Crippen molar-refractivity contribution in [2.75, 3.05) is 12.4 Å². The molecule has 124 valence electrons. The van der Waals surface area contributed by atoms with E-state index in [2.05, 4.69) is 31.2 Å². The van der Waals surface area contributed by atoms with Gasteiger partial charge in [-0.1, -0.05) is 79.0 Å². The lowest BCUT2D eigenvalue weighted by molar-refractivity contribution is 0.357. The van der Waals surface area contributed by atoms with Crippen LogP contribution in [0, 0.1) is 0 Å². The fraction of sp³-hybridized carbons (Fsp3) is 0.333. The molecule has 0 amide bonds. The molecule has 0 aliphatic rings. The van der Waals surface area contributed by atoms with E-state index in [0.717, 1.165) is 23.3 Å². The number of rotatable bonds is 9. The second-order valence-corrected chi connectivity index (χ2v) is 12.5. The predicted molar refractivity (Wildman–Crippen MR) is 104 cm³/mol. The van der Waals surface area contributed by atoms with Crippen LogP contribution in [0.4, 0.5) is 0 Å². The van der Waals surface area contributed by atoms with Gasteiger partial charge in [-0.15, -0.1) is 0 Å². The van der Waals surface area contributed by atoms with Crippen molar-refractivity contribution in [1.29, 1.82) is 0 Å². The van der Waals surface area contributed by atoms with E-state index in [1.807, 2.05) is 43.3 Å². The lowest BCUT2D eigenvalue weighted by atomic mass is 10.0. The summed E-state index contributed by atoms with van der Waals surface area (Å²) in [7, 11) is 0. The molecular formula is C18H23O2PS2. The summed E-state index contributed by atoms with van der Waals surface area (Å²) in [6.07, 6.45) is 0.990. The van der Waals surface area contributed by atoms with Crippen LogP contribution < -0.4 is 0 Å². The molecule has 0 N–H and O–H groups in total. The highest BCUT2D eigenvalue weighted by Crippen LogP contribution is 2.74. The maximum Gasteiger partial charge on any atom is 0.314 e. The Balaban J connectivity index is 2.32. The van der Waals surface area contributed by atoms with Crippen LogP contribution in [-0.4, -0.2) is 12.4 Å². The molecule has 2 aromatic carbocycles. The van der Waals surface area contributed by atoms with E-state index in [-0.39, 0.29) is 5.25 Å². The Labute approximate surface area is 147 Å². The van der Waals surface area contributed by atoms with Crippen LogP contribution >= 0.6 is 28.5 Å². The molecule has 5 heteroatoms. The third-order valence-corrected chi connectivity index (χ3v) is 10.9. The third-order valence-electron chi connectivity index (χ3n) is 3.18. The van der Waals surface area contributed by atoms with E-state index < -0.39 is 5.77 Å². The van der Waals surface area contributed by atoms with Crippen molar-refractivity contribution < 1.29 is 9.09 Å². The van der Waals surface area contributed by atoms with Crippen LogP contribution in [-0.2, 0) is 9.09 Å². The topological polar surface area (TPSA) is 26.3 Å². The molecule has 2 aromatic rings. The third kappa shape index (κ3) is 5.72. The zero-order chi connectivity index (χ0) is 16.5. The first kappa shape index (κ1) is 18.7. The summed E-state index contributed by atoms with van der Waals surface area (Å²) < 4.78 is 18.9. The van der Waals surface area contributed by atoms with Crippen LogP contribution in [0.15, 0.2) is 60.7 Å². The molecule has 0 aliphatic carbocycles. The van der Waals surface area contributed by atoms with E-state index in [1.54, 1.807) is 0 Å². The molecule has 0 aromatic heterocycles. The number of hydrogen-bond donors (Lipinski definition) is 0. The average Bonchev–Trinajstić information content (AvgIpc) is 2.60. The second-order valence-electron chi connectivity index (χ2n) is 5.01. The van der Waals surface area contributed by atoms with Crippen molar-refractivity contribution >= 4 is 28.5 Å². The highest BCUT2D eigenvalue weighted by atomic mass is 33.1. The summed E-state index contributed by atoms with van der Waals surface area (Å²) in [5, 5.41) is 0.0131. The second kappa shape index (κ2) is 9.58. The Kier molecular flexibility index (Phi) is 7.78. The molecule has 2 rings (SSSR count). The van der Waals surface area contributed by atoms with Crippen LogP contribution in [0.2, 0.25) is 0 Å². The molecule has 0 bridgehead atoms. The summed E-state index contributed by atoms with van der Waals surface area (Å²) in [6.45, 7) is 4.47. The van der Waals surface area contributed by atoms with Crippen LogP contribution in [0.25, 0.3) is 0 Å². The Morgan fingerprint density at radius 3 is 1.91 bits per heavy atom. The minimum Gasteiger partial charge on any atom is -0.314 e. The number of benzene rings is 2. The number of hydrogen-bond acceptors (Lipinski definition) is 4. The van der Waals surface area contributed by atoms with E-state index in [1.165, 1.54) is 22.8 Å². The summed E-state index contributed by atoms with van der Waals surface area (Å²) >= 11 is 2.92. The minimum atomic E-state index is -2.79. The van der Waals surface area contributed by atoms with Crippen LogP contribution in [0.1, 0.15) is 36.6 Å². The molecule has 2 nitrogen and oxygen atoms in total. The van der Waals surface area contributed by atoms with Crippen LogP contribution in [0.3, 0.4) is 0 Å². The molecule has 23 heavy (non-hydrogen) atoms. The van der Waals surface area contributed by atoms with E-state index in [9.17, 15) is 4.57 Å². The van der Waals surface area contributed by atoms with Crippen molar-refractivity contribution in [1.82, 2.24) is 0 Å². The zero-order valence-electron chi connectivity index (χ0n) is 13.6. The Morgan fingerprint density at radius 1 is 0.957 bits per heavy atom. The average molecular weight is 366 g/mol. The van der Waals surface area contributed by atoms with Crippen molar-refractivity contribution in [3.63, 3.8) is 0 Å². The molecule has 0 saturated carbocycles. The van der Waals surface area contributed by atoms with Gasteiger partial charge in [0.2, 0.25) is 0 Å². The first-order valence-electron chi connectivity index (χ1n) is 7.86. The van der Waals surface area contributed by atoms with Gasteiger partial charge in [0.25, 0.3) is 0 Å². The molecule has 1 atom stereocenters. The van der Waals surface area contributed by atoms with Crippen LogP contribution in [0.5, 0.6) is 0 Å². The Hall–Kier alpha value is -0.670. The van der Waals surface area contributed by atoms with Gasteiger partial charge in [0.05, 0.1) is 11.9 Å². The molecule has 0 fully saturated rings. The zero-order valence-corrected chi connectivity index (χ0v) is 16.1. The van der Waals surface area contributed by atoms with E-state index >= 15 is 0 Å². The van der Waals surface area contributed by atoms with Gasteiger partial charge in [-0.3, -0.25) is 4.57 Å². The standard InChI is InChI=1S/C18H23O2PS2/c1-3-15-22-21(19,20-4-2)23-18(16-11-7-5-8-12-16)17-13-9-6-10-14-17/h5-14,18H,3-4,15H2,1-2H3. The van der Waals surface area contributed by atoms with Gasteiger partial charge in [-0.05, 0) is 35.9 Å². The van der Waals surface area contributed by atoms with Gasteiger partial charge in [0.1, 0.15) is 0 Å². The summed E-state index contributed by atoms with van der Waals surface area (Å²) in [5.41, 5.74) is 2.31. The largest absolute Gasteiger partial charge is 0.314 e. The molecule has 1 unspecified atom stereocenters. The highest BCUT2D eigenvalue weighted by Gasteiger charge is 2.30. The van der Waals surface area contributed by atoms with Gasteiger partial charge >= 0.3 is 5.77 Å². The van der Waals surface area contributed by atoms with Gasteiger partial charge in [0, 0.05) is 5.75 Å². The molecule has 0 saturated heterocycles.